The maximum Gasteiger partial charge on any atom is 0.302 e. The van der Waals surface area contributed by atoms with Gasteiger partial charge in [-0.1, -0.05) is 13.3 Å². The van der Waals surface area contributed by atoms with Gasteiger partial charge in [-0.05, 0) is 19.3 Å². The van der Waals surface area contributed by atoms with Gasteiger partial charge in [0.15, 0.2) is 0 Å². The molecular weight excluding hydrogens is 224 g/mol. The van der Waals surface area contributed by atoms with Crippen LogP contribution in [0.4, 0.5) is 0 Å². The molecule has 2 atom stereocenters. The molecule has 5 nitrogen and oxygen atoms in total. The van der Waals surface area contributed by atoms with Gasteiger partial charge in [0, 0.05) is 13.8 Å². The van der Waals surface area contributed by atoms with E-state index in [1.54, 1.807) is 0 Å². The van der Waals surface area contributed by atoms with Gasteiger partial charge >= 0.3 is 11.9 Å². The Hall–Kier alpha value is -1.10. The van der Waals surface area contributed by atoms with E-state index in [1.807, 2.05) is 6.92 Å². The van der Waals surface area contributed by atoms with Crippen LogP contribution in [-0.2, 0) is 19.1 Å². The van der Waals surface area contributed by atoms with Crippen LogP contribution in [0.2, 0.25) is 0 Å². The van der Waals surface area contributed by atoms with Crippen molar-refractivity contribution in [2.75, 3.05) is 6.61 Å². The molecule has 0 rings (SSSR count). The van der Waals surface area contributed by atoms with Gasteiger partial charge in [0.25, 0.3) is 0 Å². The van der Waals surface area contributed by atoms with Gasteiger partial charge in [0.2, 0.25) is 0 Å². The van der Waals surface area contributed by atoms with E-state index in [0.29, 0.717) is 19.3 Å². The number of carbonyl (C=O) groups excluding carboxylic acids is 2. The topological polar surface area (TPSA) is 72.8 Å². The van der Waals surface area contributed by atoms with Crippen LogP contribution in [-0.4, -0.2) is 35.9 Å². The molecule has 0 spiro atoms. The molecule has 17 heavy (non-hydrogen) atoms. The summed E-state index contributed by atoms with van der Waals surface area (Å²) in [5.74, 6) is -0.735. The van der Waals surface area contributed by atoms with Crippen LogP contribution in [0.1, 0.15) is 46.5 Å². The Morgan fingerprint density at radius 1 is 1.18 bits per heavy atom. The minimum atomic E-state index is -0.652. The molecule has 0 aromatic rings. The molecule has 0 radical (unpaired) electrons. The van der Waals surface area contributed by atoms with Crippen molar-refractivity contribution in [3.63, 3.8) is 0 Å². The Bertz CT molecular complexity index is 239. The monoisotopic (exact) mass is 246 g/mol. The SMILES string of the molecule is CCCC(O)C(CCCOC(C)=O)OC(C)=O. The summed E-state index contributed by atoms with van der Waals surface area (Å²) in [5, 5.41) is 9.78. The standard InChI is InChI=1S/C12H22O5/c1-4-6-11(15)12(17-10(3)14)7-5-8-16-9(2)13/h11-12,15H,4-8H2,1-3H3. The first kappa shape index (κ1) is 15.9. The minimum absolute atomic E-state index is 0.284. The lowest BCUT2D eigenvalue weighted by molar-refractivity contribution is -0.154. The molecule has 1 N–H and O–H groups in total. The lowest BCUT2D eigenvalue weighted by Crippen LogP contribution is -2.31. The fourth-order valence-electron chi connectivity index (χ4n) is 1.53. The summed E-state index contributed by atoms with van der Waals surface area (Å²) in [5.41, 5.74) is 0. The molecule has 0 aromatic heterocycles. The molecule has 0 heterocycles. The Morgan fingerprint density at radius 2 is 1.82 bits per heavy atom. The molecule has 0 amide bonds. The highest BCUT2D eigenvalue weighted by atomic mass is 16.6. The van der Waals surface area contributed by atoms with Crippen molar-refractivity contribution < 1.29 is 24.2 Å². The third-order valence-electron chi connectivity index (χ3n) is 2.27. The molecule has 0 bridgehead atoms. The van der Waals surface area contributed by atoms with Crippen LogP contribution >= 0.6 is 0 Å². The van der Waals surface area contributed by atoms with Crippen LogP contribution in [0, 0.1) is 0 Å². The third-order valence-corrected chi connectivity index (χ3v) is 2.27. The summed E-state index contributed by atoms with van der Waals surface area (Å²) in [7, 11) is 0. The Labute approximate surface area is 102 Å². The first-order chi connectivity index (χ1) is 7.97. The second-order valence-electron chi connectivity index (χ2n) is 3.99. The maximum atomic E-state index is 10.9. The predicted octanol–water partition coefficient (Wildman–Crippen LogP) is 1.42. The molecule has 100 valence electrons. The van der Waals surface area contributed by atoms with Gasteiger partial charge in [0.1, 0.15) is 6.10 Å². The van der Waals surface area contributed by atoms with Gasteiger partial charge < -0.3 is 14.6 Å². The van der Waals surface area contributed by atoms with Crippen LogP contribution < -0.4 is 0 Å². The Kier molecular flexibility index (Phi) is 8.40. The van der Waals surface area contributed by atoms with Crippen LogP contribution in [0.25, 0.3) is 0 Å². The van der Waals surface area contributed by atoms with Gasteiger partial charge in [-0.25, -0.2) is 0 Å². The van der Waals surface area contributed by atoms with E-state index in [0.717, 1.165) is 6.42 Å². The number of hydrogen-bond donors (Lipinski definition) is 1. The van der Waals surface area contributed by atoms with Gasteiger partial charge in [-0.3, -0.25) is 9.59 Å². The van der Waals surface area contributed by atoms with Crippen molar-refractivity contribution in [2.45, 2.75) is 58.7 Å². The van der Waals surface area contributed by atoms with Crippen molar-refractivity contribution in [2.24, 2.45) is 0 Å². The van der Waals surface area contributed by atoms with Gasteiger partial charge in [0.05, 0.1) is 12.7 Å². The van der Waals surface area contributed by atoms with Crippen molar-refractivity contribution in [3.8, 4) is 0 Å². The minimum Gasteiger partial charge on any atom is -0.466 e. The van der Waals surface area contributed by atoms with Crippen molar-refractivity contribution in [1.29, 1.82) is 0 Å². The fourth-order valence-corrected chi connectivity index (χ4v) is 1.53. The molecule has 0 saturated carbocycles. The molecular formula is C12H22O5. The molecule has 0 aliphatic carbocycles. The quantitative estimate of drug-likeness (QED) is 0.518. The maximum absolute atomic E-state index is 10.9. The summed E-state index contributed by atoms with van der Waals surface area (Å²) in [6, 6.07) is 0. The highest BCUT2D eigenvalue weighted by Crippen LogP contribution is 2.12. The fraction of sp³-hybridized carbons (Fsp3) is 0.833. The predicted molar refractivity (Wildman–Crippen MR) is 62.3 cm³/mol. The number of ether oxygens (including phenoxy) is 2. The second kappa shape index (κ2) is 8.98. The summed E-state index contributed by atoms with van der Waals surface area (Å²) < 4.78 is 9.82. The van der Waals surface area contributed by atoms with E-state index in [1.165, 1.54) is 13.8 Å². The van der Waals surface area contributed by atoms with Crippen molar-refractivity contribution in [3.05, 3.63) is 0 Å². The summed E-state index contributed by atoms with van der Waals surface area (Å²) in [6.07, 6.45) is 1.31. The molecule has 0 fully saturated rings. The molecule has 0 aromatic carbocycles. The van der Waals surface area contributed by atoms with Crippen molar-refractivity contribution in [1.82, 2.24) is 0 Å². The third kappa shape index (κ3) is 8.68. The Morgan fingerprint density at radius 3 is 2.29 bits per heavy atom. The average molecular weight is 246 g/mol. The van der Waals surface area contributed by atoms with Crippen LogP contribution in [0.3, 0.4) is 0 Å². The first-order valence-electron chi connectivity index (χ1n) is 5.96. The largest absolute Gasteiger partial charge is 0.466 e. The highest BCUT2D eigenvalue weighted by Gasteiger charge is 2.21. The lowest BCUT2D eigenvalue weighted by atomic mass is 10.0. The smallest absolute Gasteiger partial charge is 0.302 e. The summed E-state index contributed by atoms with van der Waals surface area (Å²) in [4.78, 5) is 21.4. The zero-order valence-corrected chi connectivity index (χ0v) is 10.8. The van der Waals surface area contributed by atoms with Crippen LogP contribution in [0.15, 0.2) is 0 Å². The van der Waals surface area contributed by atoms with E-state index >= 15 is 0 Å². The summed E-state index contributed by atoms with van der Waals surface area (Å²) in [6.45, 7) is 4.89. The number of aliphatic hydroxyl groups excluding tert-OH is 1. The number of hydrogen-bond acceptors (Lipinski definition) is 5. The van der Waals surface area contributed by atoms with E-state index in [-0.39, 0.29) is 12.6 Å². The number of aliphatic hydroxyl groups is 1. The van der Waals surface area contributed by atoms with Crippen molar-refractivity contribution >= 4 is 11.9 Å². The molecule has 5 heteroatoms. The zero-order valence-electron chi connectivity index (χ0n) is 10.8. The van der Waals surface area contributed by atoms with E-state index in [2.05, 4.69) is 0 Å². The highest BCUT2D eigenvalue weighted by molar-refractivity contribution is 5.66. The van der Waals surface area contributed by atoms with Gasteiger partial charge in [-0.2, -0.15) is 0 Å². The van der Waals surface area contributed by atoms with Gasteiger partial charge in [-0.15, -0.1) is 0 Å². The lowest BCUT2D eigenvalue weighted by Gasteiger charge is -2.22. The van der Waals surface area contributed by atoms with E-state index in [9.17, 15) is 14.7 Å². The van der Waals surface area contributed by atoms with E-state index < -0.39 is 18.2 Å². The molecule has 0 saturated heterocycles. The number of rotatable bonds is 8. The number of carbonyl (C=O) groups is 2. The number of esters is 2. The summed E-state index contributed by atoms with van der Waals surface area (Å²) >= 11 is 0. The molecule has 0 aliphatic rings. The van der Waals surface area contributed by atoms with E-state index in [4.69, 9.17) is 9.47 Å². The zero-order chi connectivity index (χ0) is 13.3. The normalized spacial score (nSPS) is 13.9. The molecule has 2 unspecified atom stereocenters. The van der Waals surface area contributed by atoms with Crippen LogP contribution in [0.5, 0.6) is 0 Å². The second-order valence-corrected chi connectivity index (χ2v) is 3.99. The Balaban J connectivity index is 4.00. The average Bonchev–Trinajstić information content (AvgIpc) is 2.22. The first-order valence-corrected chi connectivity index (χ1v) is 5.96. The molecule has 0 aliphatic heterocycles.